The Morgan fingerprint density at radius 1 is 1.15 bits per heavy atom. The van der Waals surface area contributed by atoms with Crippen molar-refractivity contribution in [1.82, 2.24) is 9.88 Å². The monoisotopic (exact) mass is 303 g/mol. The standard InChI is InChI=1S/C15H17N3S2/c1-2-7-16-13(5-1)11-18(12-14-6-3-9-19-14)15-17-8-4-10-20-15/h1-3,5-7,9H,4,8,10-12H2. The third kappa shape index (κ3) is 3.61. The number of amidine groups is 1. The molecule has 20 heavy (non-hydrogen) atoms. The Hall–Kier alpha value is -1.33. The lowest BCUT2D eigenvalue weighted by Crippen LogP contribution is -2.30. The fraction of sp³-hybridized carbons (Fsp3) is 0.333. The fourth-order valence-corrected chi connectivity index (χ4v) is 3.78. The van der Waals surface area contributed by atoms with Gasteiger partial charge in [-0.25, -0.2) is 0 Å². The largest absolute Gasteiger partial charge is 0.340 e. The molecular weight excluding hydrogens is 286 g/mol. The van der Waals surface area contributed by atoms with Crippen molar-refractivity contribution in [3.8, 4) is 0 Å². The van der Waals surface area contributed by atoms with E-state index < -0.39 is 0 Å². The van der Waals surface area contributed by atoms with Gasteiger partial charge in [-0.3, -0.25) is 9.98 Å². The van der Waals surface area contributed by atoms with E-state index in [0.717, 1.165) is 30.5 Å². The maximum atomic E-state index is 4.69. The van der Waals surface area contributed by atoms with Crippen LogP contribution < -0.4 is 0 Å². The van der Waals surface area contributed by atoms with Crippen LogP contribution in [0.25, 0.3) is 0 Å². The highest BCUT2D eigenvalue weighted by molar-refractivity contribution is 8.13. The summed E-state index contributed by atoms with van der Waals surface area (Å²) in [4.78, 5) is 12.8. The van der Waals surface area contributed by atoms with Gasteiger partial charge in [0.2, 0.25) is 0 Å². The molecule has 0 fully saturated rings. The number of hydrogen-bond acceptors (Lipinski definition) is 5. The van der Waals surface area contributed by atoms with Crippen molar-refractivity contribution in [1.29, 1.82) is 0 Å². The Bertz CT molecular complexity index is 552. The summed E-state index contributed by atoms with van der Waals surface area (Å²) >= 11 is 3.66. The second-order valence-corrected chi connectivity index (χ2v) is 6.72. The molecule has 104 valence electrons. The van der Waals surface area contributed by atoms with Gasteiger partial charge in [0, 0.05) is 23.4 Å². The average Bonchev–Trinajstić information content (AvgIpc) is 3.02. The maximum absolute atomic E-state index is 4.69. The molecule has 0 saturated heterocycles. The molecule has 3 nitrogen and oxygen atoms in total. The number of aliphatic imine (C=N–C) groups is 1. The SMILES string of the molecule is c1ccc(CN(Cc2cccs2)C2=NCCCS2)nc1. The van der Waals surface area contributed by atoms with Crippen LogP contribution >= 0.6 is 23.1 Å². The average molecular weight is 303 g/mol. The van der Waals surface area contributed by atoms with E-state index in [2.05, 4.69) is 38.5 Å². The zero-order valence-electron chi connectivity index (χ0n) is 11.2. The molecule has 3 heterocycles. The van der Waals surface area contributed by atoms with Gasteiger partial charge in [0.15, 0.2) is 5.17 Å². The summed E-state index contributed by atoms with van der Waals surface area (Å²) < 4.78 is 0. The summed E-state index contributed by atoms with van der Waals surface area (Å²) in [6.45, 7) is 2.69. The smallest absolute Gasteiger partial charge is 0.159 e. The summed E-state index contributed by atoms with van der Waals surface area (Å²) in [5.41, 5.74) is 1.10. The molecular formula is C15H17N3S2. The molecule has 0 amide bonds. The van der Waals surface area contributed by atoms with Gasteiger partial charge in [-0.05, 0) is 30.0 Å². The first kappa shape index (κ1) is 13.6. The van der Waals surface area contributed by atoms with Crippen LogP contribution in [0.15, 0.2) is 46.9 Å². The molecule has 0 unspecified atom stereocenters. The molecule has 0 aliphatic carbocycles. The molecule has 2 aromatic rings. The lowest BCUT2D eigenvalue weighted by atomic mass is 10.3. The van der Waals surface area contributed by atoms with Crippen LogP contribution in [0.4, 0.5) is 0 Å². The van der Waals surface area contributed by atoms with Crippen molar-refractivity contribution < 1.29 is 0 Å². The predicted octanol–water partition coefficient (Wildman–Crippen LogP) is 3.64. The van der Waals surface area contributed by atoms with Crippen molar-refractivity contribution in [2.75, 3.05) is 12.3 Å². The lowest BCUT2D eigenvalue weighted by molar-refractivity contribution is 0.410. The van der Waals surface area contributed by atoms with E-state index >= 15 is 0 Å². The molecule has 0 aromatic carbocycles. The third-order valence-corrected chi connectivity index (χ3v) is 5.06. The van der Waals surface area contributed by atoms with E-state index in [1.165, 1.54) is 17.1 Å². The van der Waals surface area contributed by atoms with Crippen LogP contribution in [0, 0.1) is 0 Å². The summed E-state index contributed by atoms with van der Waals surface area (Å²) in [7, 11) is 0. The van der Waals surface area contributed by atoms with Crippen LogP contribution in [-0.4, -0.2) is 27.3 Å². The number of hydrogen-bond donors (Lipinski definition) is 0. The molecule has 0 radical (unpaired) electrons. The molecule has 5 heteroatoms. The van der Waals surface area contributed by atoms with Gasteiger partial charge in [-0.2, -0.15) is 0 Å². The molecule has 0 spiro atoms. The summed E-state index contributed by atoms with van der Waals surface area (Å²) in [5.74, 6) is 1.17. The minimum atomic E-state index is 0.824. The molecule has 0 bridgehead atoms. The highest BCUT2D eigenvalue weighted by atomic mass is 32.2. The van der Waals surface area contributed by atoms with Crippen LogP contribution in [0.5, 0.6) is 0 Å². The van der Waals surface area contributed by atoms with E-state index in [0.29, 0.717) is 0 Å². The van der Waals surface area contributed by atoms with Crippen molar-refractivity contribution in [3.63, 3.8) is 0 Å². The minimum Gasteiger partial charge on any atom is -0.340 e. The zero-order valence-corrected chi connectivity index (χ0v) is 12.9. The van der Waals surface area contributed by atoms with Gasteiger partial charge in [0.05, 0.1) is 18.8 Å². The predicted molar refractivity (Wildman–Crippen MR) is 87.2 cm³/mol. The van der Waals surface area contributed by atoms with Gasteiger partial charge < -0.3 is 4.90 Å². The summed E-state index contributed by atoms with van der Waals surface area (Å²) in [6, 6.07) is 10.4. The number of aromatic nitrogens is 1. The number of rotatable bonds is 4. The van der Waals surface area contributed by atoms with Crippen molar-refractivity contribution in [3.05, 3.63) is 52.5 Å². The van der Waals surface area contributed by atoms with Crippen LogP contribution in [0.3, 0.4) is 0 Å². The normalized spacial score (nSPS) is 14.9. The third-order valence-electron chi connectivity index (χ3n) is 3.06. The number of thioether (sulfide) groups is 1. The molecule has 0 saturated carbocycles. The first-order valence-corrected chi connectivity index (χ1v) is 8.63. The Kier molecular flexibility index (Phi) is 4.71. The first-order valence-electron chi connectivity index (χ1n) is 6.76. The Labute approximate surface area is 127 Å². The molecule has 3 rings (SSSR count). The van der Waals surface area contributed by atoms with Crippen LogP contribution in [-0.2, 0) is 13.1 Å². The summed E-state index contributed by atoms with van der Waals surface area (Å²) in [6.07, 6.45) is 3.04. The van der Waals surface area contributed by atoms with Crippen molar-refractivity contribution in [2.24, 2.45) is 4.99 Å². The van der Waals surface area contributed by atoms with E-state index in [1.807, 2.05) is 30.1 Å². The second kappa shape index (κ2) is 6.90. The Morgan fingerprint density at radius 2 is 2.15 bits per heavy atom. The summed E-state index contributed by atoms with van der Waals surface area (Å²) in [5, 5.41) is 3.29. The second-order valence-electron chi connectivity index (χ2n) is 4.62. The van der Waals surface area contributed by atoms with Gasteiger partial charge in [-0.1, -0.05) is 23.9 Å². The van der Waals surface area contributed by atoms with E-state index in [-0.39, 0.29) is 0 Å². The van der Waals surface area contributed by atoms with Crippen LogP contribution in [0.1, 0.15) is 17.0 Å². The van der Waals surface area contributed by atoms with E-state index in [4.69, 9.17) is 0 Å². The number of nitrogens with zero attached hydrogens (tertiary/aromatic N) is 3. The fourth-order valence-electron chi connectivity index (χ4n) is 2.11. The van der Waals surface area contributed by atoms with E-state index in [9.17, 15) is 0 Å². The van der Waals surface area contributed by atoms with Crippen molar-refractivity contribution in [2.45, 2.75) is 19.5 Å². The lowest BCUT2D eigenvalue weighted by Gasteiger charge is -2.26. The van der Waals surface area contributed by atoms with Gasteiger partial charge >= 0.3 is 0 Å². The quantitative estimate of drug-likeness (QED) is 0.863. The Morgan fingerprint density at radius 3 is 2.85 bits per heavy atom. The van der Waals surface area contributed by atoms with Gasteiger partial charge in [-0.15, -0.1) is 11.3 Å². The molecule has 1 aliphatic rings. The number of thiophene rings is 1. The highest BCUT2D eigenvalue weighted by Crippen LogP contribution is 2.21. The highest BCUT2D eigenvalue weighted by Gasteiger charge is 2.16. The Balaban J connectivity index is 1.77. The van der Waals surface area contributed by atoms with E-state index in [1.54, 1.807) is 11.3 Å². The first-order chi connectivity index (χ1) is 9.92. The van der Waals surface area contributed by atoms with Gasteiger partial charge in [0.25, 0.3) is 0 Å². The molecule has 0 atom stereocenters. The zero-order chi connectivity index (χ0) is 13.6. The van der Waals surface area contributed by atoms with Crippen molar-refractivity contribution >= 4 is 28.3 Å². The van der Waals surface area contributed by atoms with Gasteiger partial charge in [0.1, 0.15) is 0 Å². The molecule has 1 aliphatic heterocycles. The minimum absolute atomic E-state index is 0.824. The molecule has 2 aromatic heterocycles. The number of pyridine rings is 1. The molecule has 0 N–H and O–H groups in total. The topological polar surface area (TPSA) is 28.5 Å². The van der Waals surface area contributed by atoms with Crippen LogP contribution in [0.2, 0.25) is 0 Å². The maximum Gasteiger partial charge on any atom is 0.159 e.